The van der Waals surface area contributed by atoms with Crippen molar-refractivity contribution in [1.82, 2.24) is 0 Å². The zero-order valence-corrected chi connectivity index (χ0v) is 36.5. The second-order valence-corrected chi connectivity index (χ2v) is 16.2. The van der Waals surface area contributed by atoms with Gasteiger partial charge in [-0.3, -0.25) is 0 Å². The van der Waals surface area contributed by atoms with E-state index >= 15 is 0 Å². The van der Waals surface area contributed by atoms with Crippen molar-refractivity contribution >= 4 is 5.97 Å². The minimum atomic E-state index is -1.65. The molecule has 0 amide bonds. The molecule has 12 nitrogen and oxygen atoms in total. The molecular formula is C54H56O12. The third kappa shape index (κ3) is 13.1. The van der Waals surface area contributed by atoms with Crippen LogP contribution in [0.15, 0.2) is 182 Å². The highest BCUT2D eigenvalue weighted by Gasteiger charge is 2.52. The third-order valence-electron chi connectivity index (χ3n) is 11.4. The molecule has 344 valence electrons. The third-order valence-corrected chi connectivity index (χ3v) is 11.4. The Hall–Kier alpha value is -5.61. The second kappa shape index (κ2) is 24.2. The van der Waals surface area contributed by atoms with Crippen molar-refractivity contribution in [1.29, 1.82) is 0 Å². The minimum Gasteiger partial charge on any atom is -0.450 e. The number of carbonyl (C=O) groups excluding carboxylic acids is 1. The molecule has 6 aromatic rings. The summed E-state index contributed by atoms with van der Waals surface area (Å²) in [6, 6.07) is 56.8. The van der Waals surface area contributed by atoms with Crippen molar-refractivity contribution < 1.29 is 57.6 Å². The molecule has 8 rings (SSSR count). The fourth-order valence-electron chi connectivity index (χ4n) is 7.99. The molecule has 0 aromatic heterocycles. The lowest BCUT2D eigenvalue weighted by Crippen LogP contribution is -2.63. The van der Waals surface area contributed by atoms with Gasteiger partial charge < -0.3 is 52.8 Å². The first kappa shape index (κ1) is 46.9. The van der Waals surface area contributed by atoms with Crippen LogP contribution in [0.5, 0.6) is 0 Å². The van der Waals surface area contributed by atoms with E-state index in [1.54, 1.807) is 30.3 Å². The van der Waals surface area contributed by atoms with Crippen LogP contribution < -0.4 is 0 Å². The summed E-state index contributed by atoms with van der Waals surface area (Å²) in [5.41, 5.74) is 4.82. The highest BCUT2D eigenvalue weighted by atomic mass is 16.7. The lowest BCUT2D eigenvalue weighted by atomic mass is 9.97. The van der Waals surface area contributed by atoms with Gasteiger partial charge in [-0.1, -0.05) is 170 Å². The van der Waals surface area contributed by atoms with Crippen molar-refractivity contribution in [2.75, 3.05) is 13.2 Å². The number of ether oxygens (including phenoxy) is 9. The summed E-state index contributed by atoms with van der Waals surface area (Å²) in [6.45, 7) is 0.779. The quantitative estimate of drug-likeness (QED) is 0.0689. The van der Waals surface area contributed by atoms with E-state index in [1.807, 2.05) is 152 Å². The molecule has 0 radical (unpaired) electrons. The molecule has 2 N–H and O–H groups in total. The standard InChI is InChI=1S/C54H56O12/c55-46-49(61-34-41-25-13-4-14-26-41)47(59-32-39-21-9-2-10-22-39)44(36-58-31-38-19-7-1-8-20-38)65-54(46)63-37-45-48(60-33-40-23-11-3-12-24-40)50(62-35-42-27-15-5-16-28-42)51(53(57)64-45)66-52(56)43-29-17-6-18-30-43/h1-30,44-51,53-55,57H,31-37H2. The highest BCUT2D eigenvalue weighted by Crippen LogP contribution is 2.33. The normalized spacial score (nSPS) is 25.2. The zero-order chi connectivity index (χ0) is 45.3. The SMILES string of the molecule is O=C(OC1C(O)OC(COC2OC(COCc3ccccc3)C(OCc3ccccc3)C(OCc3ccccc3)C2O)C(OCc2ccccc2)C1OCc1ccccc1)c1ccccc1. The zero-order valence-electron chi connectivity index (χ0n) is 36.5. The molecule has 2 heterocycles. The molecule has 10 atom stereocenters. The van der Waals surface area contributed by atoms with Gasteiger partial charge in [-0.2, -0.15) is 0 Å². The van der Waals surface area contributed by atoms with Crippen LogP contribution in [-0.2, 0) is 75.7 Å². The van der Waals surface area contributed by atoms with Gasteiger partial charge in [-0.15, -0.1) is 0 Å². The first-order chi connectivity index (χ1) is 32.5. The van der Waals surface area contributed by atoms with Gasteiger partial charge in [0.15, 0.2) is 18.7 Å². The average molecular weight is 897 g/mol. The largest absolute Gasteiger partial charge is 0.450 e. The lowest BCUT2D eigenvalue weighted by Gasteiger charge is -2.46. The topological polar surface area (TPSA) is 141 Å². The van der Waals surface area contributed by atoms with Gasteiger partial charge in [0.2, 0.25) is 0 Å². The van der Waals surface area contributed by atoms with E-state index in [4.69, 9.17) is 42.6 Å². The van der Waals surface area contributed by atoms with E-state index in [2.05, 4.69) is 0 Å². The highest BCUT2D eigenvalue weighted by molar-refractivity contribution is 5.89. The Labute approximate surface area is 385 Å². The predicted molar refractivity (Wildman–Crippen MR) is 243 cm³/mol. The van der Waals surface area contributed by atoms with E-state index in [1.165, 1.54) is 0 Å². The summed E-state index contributed by atoms with van der Waals surface area (Å²) < 4.78 is 57.9. The van der Waals surface area contributed by atoms with E-state index in [9.17, 15) is 15.0 Å². The van der Waals surface area contributed by atoms with Crippen molar-refractivity contribution in [3.63, 3.8) is 0 Å². The van der Waals surface area contributed by atoms with Gasteiger partial charge >= 0.3 is 5.97 Å². The van der Waals surface area contributed by atoms with Gasteiger partial charge in [-0.05, 0) is 39.9 Å². The van der Waals surface area contributed by atoms with Crippen LogP contribution in [-0.4, -0.2) is 90.8 Å². The molecule has 2 fully saturated rings. The van der Waals surface area contributed by atoms with Crippen LogP contribution in [0.3, 0.4) is 0 Å². The van der Waals surface area contributed by atoms with E-state index < -0.39 is 67.4 Å². The molecule has 6 aromatic carbocycles. The van der Waals surface area contributed by atoms with Gasteiger partial charge in [-0.25, -0.2) is 4.79 Å². The average Bonchev–Trinajstić information content (AvgIpc) is 3.37. The van der Waals surface area contributed by atoms with E-state index in [-0.39, 0.29) is 39.6 Å². The number of benzene rings is 6. The van der Waals surface area contributed by atoms with Crippen molar-refractivity contribution in [3.05, 3.63) is 215 Å². The molecule has 12 heteroatoms. The van der Waals surface area contributed by atoms with Gasteiger partial charge in [0.05, 0.1) is 51.8 Å². The molecule has 0 aliphatic carbocycles. The van der Waals surface area contributed by atoms with Crippen molar-refractivity contribution in [3.8, 4) is 0 Å². The Morgan fingerprint density at radius 1 is 0.409 bits per heavy atom. The molecule has 0 bridgehead atoms. The van der Waals surface area contributed by atoms with Crippen molar-refractivity contribution in [2.45, 2.75) is 94.4 Å². The van der Waals surface area contributed by atoms with Crippen LogP contribution in [0.25, 0.3) is 0 Å². The fraction of sp³-hybridized carbons (Fsp3) is 0.315. The summed E-state index contributed by atoms with van der Waals surface area (Å²) in [5.74, 6) is -0.669. The fourth-order valence-corrected chi connectivity index (χ4v) is 7.99. The Bertz CT molecular complexity index is 2290. The maximum Gasteiger partial charge on any atom is 0.338 e. The number of hydrogen-bond acceptors (Lipinski definition) is 12. The minimum absolute atomic E-state index is 0.0808. The maximum absolute atomic E-state index is 13.5. The van der Waals surface area contributed by atoms with Crippen LogP contribution in [0.1, 0.15) is 38.2 Å². The van der Waals surface area contributed by atoms with Crippen LogP contribution in [0, 0.1) is 0 Å². The Morgan fingerprint density at radius 3 is 1.26 bits per heavy atom. The monoisotopic (exact) mass is 896 g/mol. The Balaban J connectivity index is 1.06. The van der Waals surface area contributed by atoms with Gasteiger partial charge in [0.1, 0.15) is 42.7 Å². The molecular weight excluding hydrogens is 841 g/mol. The molecule has 66 heavy (non-hydrogen) atoms. The van der Waals surface area contributed by atoms with Gasteiger partial charge in [0.25, 0.3) is 0 Å². The number of hydrogen-bond donors (Lipinski definition) is 2. The number of aliphatic hydroxyl groups excluding tert-OH is 2. The summed E-state index contributed by atoms with van der Waals surface area (Å²) >= 11 is 0. The number of carbonyl (C=O) groups is 1. The van der Waals surface area contributed by atoms with Crippen molar-refractivity contribution in [2.24, 2.45) is 0 Å². The maximum atomic E-state index is 13.5. The lowest BCUT2D eigenvalue weighted by molar-refractivity contribution is -0.340. The number of esters is 1. The van der Waals surface area contributed by atoms with Crippen LogP contribution in [0.4, 0.5) is 0 Å². The van der Waals surface area contributed by atoms with E-state index in [0.717, 1.165) is 27.8 Å². The predicted octanol–water partition coefficient (Wildman–Crippen LogP) is 7.59. The summed E-state index contributed by atoms with van der Waals surface area (Å²) in [7, 11) is 0. The smallest absolute Gasteiger partial charge is 0.338 e. The molecule has 2 aliphatic rings. The molecule has 2 aliphatic heterocycles. The summed E-state index contributed by atoms with van der Waals surface area (Å²) in [5, 5.41) is 23.9. The first-order valence-electron chi connectivity index (χ1n) is 22.3. The Morgan fingerprint density at radius 2 is 0.788 bits per heavy atom. The molecule has 0 saturated carbocycles. The van der Waals surface area contributed by atoms with Crippen LogP contribution >= 0.6 is 0 Å². The first-order valence-corrected chi connectivity index (χ1v) is 22.3. The Kier molecular flexibility index (Phi) is 17.2. The number of aliphatic hydroxyl groups is 2. The molecule has 10 unspecified atom stereocenters. The summed E-state index contributed by atoms with van der Waals surface area (Å²) in [6.07, 6.45) is -11.1. The number of rotatable bonds is 21. The molecule has 2 saturated heterocycles. The summed E-state index contributed by atoms with van der Waals surface area (Å²) in [4.78, 5) is 13.5. The second-order valence-electron chi connectivity index (χ2n) is 16.2. The molecule has 0 spiro atoms. The van der Waals surface area contributed by atoms with Gasteiger partial charge in [0, 0.05) is 0 Å². The van der Waals surface area contributed by atoms with E-state index in [0.29, 0.717) is 12.2 Å². The van der Waals surface area contributed by atoms with Crippen LogP contribution in [0.2, 0.25) is 0 Å².